The predicted octanol–water partition coefficient (Wildman–Crippen LogP) is 5.82. The summed E-state index contributed by atoms with van der Waals surface area (Å²) in [5, 5.41) is 21.9. The van der Waals surface area contributed by atoms with Crippen molar-refractivity contribution in [2.75, 3.05) is 0 Å². The van der Waals surface area contributed by atoms with Crippen molar-refractivity contribution in [3.63, 3.8) is 0 Å². The molecule has 0 spiro atoms. The van der Waals surface area contributed by atoms with Crippen molar-refractivity contribution in [3.05, 3.63) is 137 Å². The Balaban J connectivity index is 1.81. The molecule has 162 valence electrons. The first kappa shape index (κ1) is 21.8. The molecule has 4 nitrogen and oxygen atoms in total. The summed E-state index contributed by atoms with van der Waals surface area (Å²) >= 11 is 0. The third-order valence-electron chi connectivity index (χ3n) is 5.36. The van der Waals surface area contributed by atoms with E-state index in [4.69, 9.17) is 0 Å². The fraction of sp³-hybridized carbons (Fsp3) is 0.0345. The van der Waals surface area contributed by atoms with Crippen molar-refractivity contribution >= 4 is 17.6 Å². The normalized spacial score (nSPS) is 10.9. The van der Waals surface area contributed by atoms with Crippen molar-refractivity contribution in [3.8, 4) is 11.5 Å². The maximum absolute atomic E-state index is 13.2. The van der Waals surface area contributed by atoms with Crippen LogP contribution in [0.2, 0.25) is 0 Å². The van der Waals surface area contributed by atoms with Gasteiger partial charge >= 0.3 is 0 Å². The molecule has 0 amide bonds. The highest BCUT2D eigenvalue weighted by atomic mass is 16.3. The molecule has 0 aliphatic rings. The lowest BCUT2D eigenvalue weighted by atomic mass is 9.91. The number of carbonyl (C=O) groups excluding carboxylic acids is 2. The molecular weight excluding hydrogens is 412 g/mol. The van der Waals surface area contributed by atoms with Crippen LogP contribution in [0.25, 0.3) is 6.08 Å². The Kier molecular flexibility index (Phi) is 6.46. The zero-order valence-electron chi connectivity index (χ0n) is 17.8. The van der Waals surface area contributed by atoms with E-state index in [0.29, 0.717) is 11.1 Å². The van der Waals surface area contributed by atoms with E-state index in [9.17, 15) is 19.8 Å². The van der Waals surface area contributed by atoms with Gasteiger partial charge in [0.1, 0.15) is 11.5 Å². The van der Waals surface area contributed by atoms with Gasteiger partial charge in [0, 0.05) is 16.7 Å². The van der Waals surface area contributed by atoms with Crippen molar-refractivity contribution in [1.82, 2.24) is 0 Å². The highest BCUT2D eigenvalue weighted by molar-refractivity contribution is 6.16. The molecule has 2 N–H and O–H groups in total. The minimum atomic E-state index is -0.427. The van der Waals surface area contributed by atoms with E-state index in [1.165, 1.54) is 6.07 Å². The number of phenols is 2. The van der Waals surface area contributed by atoms with Crippen molar-refractivity contribution < 1.29 is 19.8 Å². The number of aromatic hydroxyl groups is 2. The molecule has 0 saturated carbocycles. The SMILES string of the molecule is O=C(c1ccccc1)c1cc(C(=O)c2ccccc2)c(O)c(CC=Cc2ccccc2)c1O. The van der Waals surface area contributed by atoms with Gasteiger partial charge in [-0.3, -0.25) is 9.59 Å². The molecular formula is C29H22O4. The largest absolute Gasteiger partial charge is 0.507 e. The quantitative estimate of drug-likeness (QED) is 0.360. The van der Waals surface area contributed by atoms with E-state index in [1.807, 2.05) is 36.4 Å². The second-order valence-electron chi connectivity index (χ2n) is 7.55. The lowest BCUT2D eigenvalue weighted by Gasteiger charge is -2.14. The van der Waals surface area contributed by atoms with Crippen LogP contribution in [-0.2, 0) is 6.42 Å². The zero-order chi connectivity index (χ0) is 23.2. The predicted molar refractivity (Wildman–Crippen MR) is 129 cm³/mol. The minimum Gasteiger partial charge on any atom is -0.507 e. The van der Waals surface area contributed by atoms with Gasteiger partial charge in [-0.05, 0) is 18.1 Å². The van der Waals surface area contributed by atoms with Gasteiger partial charge in [-0.25, -0.2) is 0 Å². The average Bonchev–Trinajstić information content (AvgIpc) is 2.87. The van der Waals surface area contributed by atoms with E-state index < -0.39 is 11.6 Å². The highest BCUT2D eigenvalue weighted by Gasteiger charge is 2.25. The molecule has 0 heterocycles. The second kappa shape index (κ2) is 9.79. The lowest BCUT2D eigenvalue weighted by Crippen LogP contribution is -2.09. The first-order valence-electron chi connectivity index (χ1n) is 10.5. The molecule has 0 aromatic heterocycles. The van der Waals surface area contributed by atoms with Gasteiger partial charge in [0.15, 0.2) is 11.6 Å². The van der Waals surface area contributed by atoms with E-state index in [-0.39, 0.29) is 34.6 Å². The van der Waals surface area contributed by atoms with Gasteiger partial charge in [-0.2, -0.15) is 0 Å². The topological polar surface area (TPSA) is 74.6 Å². The molecule has 4 aromatic carbocycles. The summed E-state index contributed by atoms with van der Waals surface area (Å²) in [5.41, 5.74) is 1.78. The first-order chi connectivity index (χ1) is 16.1. The fourth-order valence-corrected chi connectivity index (χ4v) is 3.62. The number of benzene rings is 4. The Morgan fingerprint density at radius 1 is 0.636 bits per heavy atom. The van der Waals surface area contributed by atoms with Gasteiger partial charge in [0.2, 0.25) is 0 Å². The van der Waals surface area contributed by atoms with Crippen LogP contribution in [0.3, 0.4) is 0 Å². The fourth-order valence-electron chi connectivity index (χ4n) is 3.62. The van der Waals surface area contributed by atoms with Crippen LogP contribution < -0.4 is 0 Å². The molecule has 0 unspecified atom stereocenters. The lowest BCUT2D eigenvalue weighted by molar-refractivity contribution is 0.103. The number of rotatable bonds is 7. The Bertz CT molecular complexity index is 1230. The first-order valence-corrected chi connectivity index (χ1v) is 10.5. The molecule has 4 rings (SSSR count). The van der Waals surface area contributed by atoms with E-state index in [2.05, 4.69) is 0 Å². The Morgan fingerprint density at radius 3 is 1.52 bits per heavy atom. The molecule has 33 heavy (non-hydrogen) atoms. The van der Waals surface area contributed by atoms with Gasteiger partial charge in [-0.1, -0.05) is 103 Å². The number of ketones is 2. The van der Waals surface area contributed by atoms with Crippen LogP contribution in [0.1, 0.15) is 43.0 Å². The zero-order valence-corrected chi connectivity index (χ0v) is 17.8. The summed E-state index contributed by atoms with van der Waals surface area (Å²) in [7, 11) is 0. The van der Waals surface area contributed by atoms with E-state index in [1.54, 1.807) is 66.7 Å². The maximum Gasteiger partial charge on any atom is 0.196 e. The molecule has 0 atom stereocenters. The van der Waals surface area contributed by atoms with Crippen molar-refractivity contribution in [2.45, 2.75) is 6.42 Å². The van der Waals surface area contributed by atoms with Gasteiger partial charge in [-0.15, -0.1) is 0 Å². The molecule has 0 fully saturated rings. The monoisotopic (exact) mass is 434 g/mol. The molecule has 0 bridgehead atoms. The van der Waals surface area contributed by atoms with Crippen LogP contribution in [0.4, 0.5) is 0 Å². The van der Waals surface area contributed by atoms with Crippen LogP contribution in [0.15, 0.2) is 103 Å². The Labute approximate surface area is 192 Å². The number of phenolic OH excluding ortho intramolecular Hbond substituents is 2. The maximum atomic E-state index is 13.2. The molecule has 0 saturated heterocycles. The van der Waals surface area contributed by atoms with Gasteiger partial charge in [0.05, 0.1) is 11.1 Å². The summed E-state index contributed by atoms with van der Waals surface area (Å²) in [6, 6.07) is 27.9. The molecule has 0 aliphatic heterocycles. The summed E-state index contributed by atoms with van der Waals surface area (Å²) < 4.78 is 0. The number of carbonyl (C=O) groups is 2. The standard InChI is InChI=1S/C29H22O4/c30-26(21-14-6-2-7-15-21)24-19-25(27(31)22-16-8-3-9-17-22)29(33)23(28(24)32)18-10-13-20-11-4-1-5-12-20/h1-17,19,32-33H,18H2. The van der Waals surface area contributed by atoms with Gasteiger partial charge < -0.3 is 10.2 Å². The molecule has 4 aromatic rings. The van der Waals surface area contributed by atoms with Crippen LogP contribution in [0.5, 0.6) is 11.5 Å². The Morgan fingerprint density at radius 2 is 1.06 bits per heavy atom. The van der Waals surface area contributed by atoms with Crippen molar-refractivity contribution in [2.24, 2.45) is 0 Å². The summed E-state index contributed by atoms with van der Waals surface area (Å²) in [5.74, 6) is -1.51. The summed E-state index contributed by atoms with van der Waals surface area (Å²) in [6.07, 6.45) is 3.76. The van der Waals surface area contributed by atoms with Crippen LogP contribution >= 0.6 is 0 Å². The van der Waals surface area contributed by atoms with Gasteiger partial charge in [0.25, 0.3) is 0 Å². The molecule has 4 heteroatoms. The van der Waals surface area contributed by atoms with E-state index in [0.717, 1.165) is 5.56 Å². The highest BCUT2D eigenvalue weighted by Crippen LogP contribution is 2.37. The Hall–Kier alpha value is -4.44. The average molecular weight is 434 g/mol. The second-order valence-corrected chi connectivity index (χ2v) is 7.55. The third kappa shape index (κ3) is 4.75. The van der Waals surface area contributed by atoms with Crippen LogP contribution in [-0.4, -0.2) is 21.8 Å². The smallest absolute Gasteiger partial charge is 0.196 e. The minimum absolute atomic E-state index is 0.0265. The summed E-state index contributed by atoms with van der Waals surface area (Å²) in [4.78, 5) is 26.3. The molecule has 0 aliphatic carbocycles. The third-order valence-corrected chi connectivity index (χ3v) is 5.36. The number of allylic oxidation sites excluding steroid dienone is 1. The molecule has 0 radical (unpaired) electrons. The summed E-state index contributed by atoms with van der Waals surface area (Å²) in [6.45, 7) is 0. The van der Waals surface area contributed by atoms with Crippen molar-refractivity contribution in [1.29, 1.82) is 0 Å². The van der Waals surface area contributed by atoms with E-state index >= 15 is 0 Å². The number of hydrogen-bond acceptors (Lipinski definition) is 4. The number of hydrogen-bond donors (Lipinski definition) is 2. The van der Waals surface area contributed by atoms with Crippen LogP contribution in [0, 0.1) is 0 Å².